The maximum absolute atomic E-state index is 13.0. The van der Waals surface area contributed by atoms with Gasteiger partial charge in [-0.15, -0.1) is 0 Å². The average molecular weight is 1590 g/mol. The first kappa shape index (κ1) is 105. The van der Waals surface area contributed by atoms with Crippen LogP contribution >= 0.6 is 15.6 Å². The highest BCUT2D eigenvalue weighted by atomic mass is 31.2. The summed E-state index contributed by atoms with van der Waals surface area (Å²) in [6, 6.07) is 0. The molecule has 0 spiro atoms. The van der Waals surface area contributed by atoms with Gasteiger partial charge in [0.1, 0.15) is 25.4 Å². The zero-order chi connectivity index (χ0) is 80.8. The molecule has 0 aliphatic carbocycles. The van der Waals surface area contributed by atoms with Crippen molar-refractivity contribution in [3.05, 3.63) is 194 Å². The number of rotatable bonds is 79. The van der Waals surface area contributed by atoms with Gasteiger partial charge in [0.25, 0.3) is 0 Å². The maximum Gasteiger partial charge on any atom is 0.472 e. The maximum atomic E-state index is 13.0. The van der Waals surface area contributed by atoms with Gasteiger partial charge < -0.3 is 34.2 Å². The number of unbranched alkanes of at least 4 members (excludes halogenated alkanes) is 24. The number of carbonyl (C=O) groups excluding carboxylic acids is 3. The van der Waals surface area contributed by atoms with Crippen LogP contribution in [-0.4, -0.2) is 95.9 Å². The SMILES string of the molecule is CC/C=C\C/C=C\C/C=C\C/C=C\C/C=C\C/C=C\CCCCC(=O)OCC(COP(=O)(O)OCC(O)COP(=O)(O)OCC(O)COC(=O)CCCCCCCCCCCCCCCCCCC/C=C\C/C=C\C/C=C\C/C=C\CCCCC)OC(=O)CCCC/C=C\C/C=C\C/C=C\C/C=C\C/C=C\C/C=C\CC. The summed E-state index contributed by atoms with van der Waals surface area (Å²) < 4.78 is 61.2. The molecule has 630 valence electrons. The van der Waals surface area contributed by atoms with Crippen molar-refractivity contribution in [1.82, 2.24) is 0 Å². The minimum absolute atomic E-state index is 0.0314. The van der Waals surface area contributed by atoms with Gasteiger partial charge in [-0.05, 0) is 167 Å². The molecule has 0 aliphatic rings. The lowest BCUT2D eigenvalue weighted by Crippen LogP contribution is -2.30. The molecule has 0 rings (SSSR count). The largest absolute Gasteiger partial charge is 0.472 e. The van der Waals surface area contributed by atoms with Crippen LogP contribution in [-0.2, 0) is 55.8 Å². The zero-order valence-corrected chi connectivity index (χ0v) is 70.8. The highest BCUT2D eigenvalue weighted by Crippen LogP contribution is 2.45. The third-order valence-corrected chi connectivity index (χ3v) is 19.2. The molecule has 0 heterocycles. The molecule has 0 radical (unpaired) electrons. The van der Waals surface area contributed by atoms with E-state index in [1.54, 1.807) is 0 Å². The highest BCUT2D eigenvalue weighted by molar-refractivity contribution is 7.47. The number of hydrogen-bond donors (Lipinski definition) is 4. The van der Waals surface area contributed by atoms with Gasteiger partial charge in [-0.3, -0.25) is 32.5 Å². The van der Waals surface area contributed by atoms with Crippen LogP contribution in [0, 0.1) is 0 Å². The van der Waals surface area contributed by atoms with Gasteiger partial charge in [0.05, 0.1) is 26.4 Å². The van der Waals surface area contributed by atoms with Crippen molar-refractivity contribution in [2.24, 2.45) is 0 Å². The second kappa shape index (κ2) is 83.8. The van der Waals surface area contributed by atoms with Gasteiger partial charge in [-0.1, -0.05) is 324 Å². The zero-order valence-electron chi connectivity index (χ0n) is 69.1. The Balaban J connectivity index is 4.62. The lowest BCUT2D eigenvalue weighted by molar-refractivity contribution is -0.161. The smallest absolute Gasteiger partial charge is 0.463 e. The molecular formula is C93H152O16P2. The first-order valence-corrected chi connectivity index (χ1v) is 45.7. The monoisotopic (exact) mass is 1590 g/mol. The number of hydrogen-bond acceptors (Lipinski definition) is 14. The molecule has 0 aliphatic heterocycles. The highest BCUT2D eigenvalue weighted by Gasteiger charge is 2.29. The second-order valence-electron chi connectivity index (χ2n) is 27.9. The third kappa shape index (κ3) is 85.1. The fraction of sp³-hybridized carbons (Fsp3) is 0.624. The topological polar surface area (TPSA) is 231 Å². The van der Waals surface area contributed by atoms with Crippen LogP contribution in [0.3, 0.4) is 0 Å². The first-order valence-electron chi connectivity index (χ1n) is 42.7. The van der Waals surface area contributed by atoms with E-state index in [0.717, 1.165) is 135 Å². The minimum atomic E-state index is -4.97. The molecule has 0 aromatic rings. The van der Waals surface area contributed by atoms with E-state index in [4.69, 9.17) is 32.3 Å². The minimum Gasteiger partial charge on any atom is -0.463 e. The molecule has 18 heteroatoms. The number of allylic oxidation sites excluding steroid dienone is 32. The van der Waals surface area contributed by atoms with Crippen molar-refractivity contribution in [3.8, 4) is 0 Å². The number of aliphatic hydroxyl groups excluding tert-OH is 2. The summed E-state index contributed by atoms with van der Waals surface area (Å²) in [4.78, 5) is 58.8. The summed E-state index contributed by atoms with van der Waals surface area (Å²) in [6.07, 6.45) is 111. The Morgan fingerprint density at radius 3 is 0.775 bits per heavy atom. The van der Waals surface area contributed by atoms with E-state index in [9.17, 15) is 43.5 Å². The molecule has 0 aromatic carbocycles. The Kier molecular flexibility index (Phi) is 79.6. The van der Waals surface area contributed by atoms with Crippen LogP contribution in [0.4, 0.5) is 0 Å². The summed E-state index contributed by atoms with van der Waals surface area (Å²) in [5.41, 5.74) is 0. The molecule has 5 atom stereocenters. The van der Waals surface area contributed by atoms with Gasteiger partial charge >= 0.3 is 33.6 Å². The van der Waals surface area contributed by atoms with Gasteiger partial charge in [0.15, 0.2) is 6.10 Å². The predicted molar refractivity (Wildman–Crippen MR) is 463 cm³/mol. The molecule has 0 saturated carbocycles. The molecule has 111 heavy (non-hydrogen) atoms. The third-order valence-electron chi connectivity index (χ3n) is 17.3. The molecule has 0 saturated heterocycles. The molecule has 16 nitrogen and oxygen atoms in total. The van der Waals surface area contributed by atoms with E-state index in [-0.39, 0.29) is 19.3 Å². The van der Waals surface area contributed by atoms with Gasteiger partial charge in [0.2, 0.25) is 0 Å². The standard InChI is InChI=1S/C93H152O16P2/c1-4-7-10-13-16-19-22-25-28-31-34-37-38-39-40-41-42-43-44-45-46-47-48-51-53-55-58-61-64-67-70-73-76-79-91(96)103-82-88(94)83-105-110(99,100)106-84-89(95)85-107-111(101,102)108-87-90(109-93(98)81-78-75-72-69-66-63-60-57-54-50-36-33-30-27-24-21-18-15-12-9-6-3)86-104-92(97)80-77-74-71-68-65-62-59-56-52-49-35-32-29-26-23-20-17-14-11-8-5-2/h8-9,11-12,16-21,25-30,34-37,39-40,49-50,56-57,59-60,65-66,68-69,88-90,94-95H,4-7,10,13-15,22-24,31-33,38,41-48,51-55,58,61-64,67,70-87H2,1-3H3,(H,99,100)(H,101,102)/b11-8-,12-9-,19-16-,20-17-,21-18-,28-25-,29-26-,30-27-,37-34-,40-39-,49-35-,50-36-,59-56-,60-57-,68-65-,69-66-. The van der Waals surface area contributed by atoms with Gasteiger partial charge in [-0.2, -0.15) is 0 Å². The fourth-order valence-corrected chi connectivity index (χ4v) is 12.4. The fourth-order valence-electron chi connectivity index (χ4n) is 10.9. The van der Waals surface area contributed by atoms with Gasteiger partial charge in [0, 0.05) is 19.3 Å². The first-order chi connectivity index (χ1) is 54.2. The molecule has 0 bridgehead atoms. The molecule has 0 amide bonds. The van der Waals surface area contributed by atoms with Crippen LogP contribution in [0.25, 0.3) is 0 Å². The Morgan fingerprint density at radius 1 is 0.261 bits per heavy atom. The van der Waals surface area contributed by atoms with Crippen LogP contribution in [0.2, 0.25) is 0 Å². The van der Waals surface area contributed by atoms with E-state index in [0.29, 0.717) is 25.7 Å². The molecule has 5 unspecified atom stereocenters. The van der Waals surface area contributed by atoms with E-state index >= 15 is 0 Å². The molecule has 4 N–H and O–H groups in total. The number of esters is 3. The summed E-state index contributed by atoms with van der Waals surface area (Å²) >= 11 is 0. The molecule has 0 aromatic heterocycles. The number of phosphoric ester groups is 2. The van der Waals surface area contributed by atoms with E-state index in [2.05, 4.69) is 215 Å². The van der Waals surface area contributed by atoms with Crippen molar-refractivity contribution in [3.63, 3.8) is 0 Å². The van der Waals surface area contributed by atoms with Crippen molar-refractivity contribution < 1.29 is 75.8 Å². The Morgan fingerprint density at radius 2 is 0.477 bits per heavy atom. The van der Waals surface area contributed by atoms with Crippen LogP contribution in [0.15, 0.2) is 194 Å². The van der Waals surface area contributed by atoms with E-state index in [1.807, 2.05) is 0 Å². The molecule has 0 fully saturated rings. The van der Waals surface area contributed by atoms with Crippen molar-refractivity contribution in [2.45, 2.75) is 334 Å². The van der Waals surface area contributed by atoms with Crippen LogP contribution in [0.5, 0.6) is 0 Å². The summed E-state index contributed by atoms with van der Waals surface area (Å²) in [6.45, 7) is 2.32. The number of carbonyl (C=O) groups is 3. The quantitative estimate of drug-likeness (QED) is 0.0146. The lowest BCUT2D eigenvalue weighted by atomic mass is 10.0. The summed E-state index contributed by atoms with van der Waals surface area (Å²) in [5.74, 6) is -1.69. The summed E-state index contributed by atoms with van der Waals surface area (Å²) in [5, 5.41) is 20.7. The second-order valence-corrected chi connectivity index (χ2v) is 30.8. The predicted octanol–water partition coefficient (Wildman–Crippen LogP) is 25.9. The molecular weight excluding hydrogens is 1430 g/mol. The Labute approximate surface area is 674 Å². The van der Waals surface area contributed by atoms with Crippen molar-refractivity contribution in [1.29, 1.82) is 0 Å². The van der Waals surface area contributed by atoms with Gasteiger partial charge in [-0.25, -0.2) is 9.13 Å². The van der Waals surface area contributed by atoms with E-state index in [1.165, 1.54) is 116 Å². The number of phosphoric acid groups is 2. The normalized spacial score (nSPS) is 14.8. The van der Waals surface area contributed by atoms with Crippen molar-refractivity contribution >= 4 is 33.6 Å². The Hall–Kier alpha value is -5.61. The average Bonchev–Trinajstić information content (AvgIpc) is 0.902. The Bertz CT molecular complexity index is 2800. The number of aliphatic hydroxyl groups is 2. The van der Waals surface area contributed by atoms with Crippen molar-refractivity contribution in [2.75, 3.05) is 39.6 Å². The summed E-state index contributed by atoms with van der Waals surface area (Å²) in [7, 11) is -9.84. The number of ether oxygens (including phenoxy) is 3. The van der Waals surface area contributed by atoms with Crippen LogP contribution < -0.4 is 0 Å². The van der Waals surface area contributed by atoms with E-state index < -0.39 is 91.5 Å². The van der Waals surface area contributed by atoms with Crippen LogP contribution in [0.1, 0.15) is 316 Å². The lowest BCUT2D eigenvalue weighted by Gasteiger charge is -2.21.